The highest BCUT2D eigenvalue weighted by atomic mass is 16.2. The first-order chi connectivity index (χ1) is 7.06. The van der Waals surface area contributed by atoms with Gasteiger partial charge in [0.05, 0.1) is 0 Å². The molecule has 0 aromatic heterocycles. The van der Waals surface area contributed by atoms with E-state index in [0.29, 0.717) is 12.6 Å². The number of likely N-dealkylation sites (N-methyl/N-ethyl adjacent to an activating group) is 2. The number of hydrogen-bond acceptors (Lipinski definition) is 3. The topological polar surface area (TPSA) is 66.6 Å². The summed E-state index contributed by atoms with van der Waals surface area (Å²) in [5, 5.41) is 0. The molecule has 5 heteroatoms. The molecule has 0 spiro atoms. The number of amides is 2. The monoisotopic (exact) mass is 213 g/mol. The Balaban J connectivity index is 2.47. The van der Waals surface area contributed by atoms with Crippen molar-refractivity contribution in [1.29, 1.82) is 0 Å². The van der Waals surface area contributed by atoms with Crippen molar-refractivity contribution < 1.29 is 9.59 Å². The zero-order chi connectivity index (χ0) is 11.4. The Kier molecular flexibility index (Phi) is 4.08. The normalized spacial score (nSPS) is 21.6. The Labute approximate surface area is 90.2 Å². The fraction of sp³-hybridized carbons (Fsp3) is 0.800. The van der Waals surface area contributed by atoms with Crippen LogP contribution in [0.4, 0.5) is 0 Å². The molecule has 1 aliphatic heterocycles. The number of nitrogens with zero attached hydrogens (tertiary/aromatic N) is 2. The van der Waals surface area contributed by atoms with Crippen molar-refractivity contribution in [3.8, 4) is 0 Å². The van der Waals surface area contributed by atoms with Gasteiger partial charge in [-0.3, -0.25) is 14.5 Å². The average Bonchev–Trinajstić information content (AvgIpc) is 2.63. The summed E-state index contributed by atoms with van der Waals surface area (Å²) in [6.45, 7) is 4.77. The van der Waals surface area contributed by atoms with Gasteiger partial charge < -0.3 is 10.6 Å². The third-order valence-electron chi connectivity index (χ3n) is 2.95. The van der Waals surface area contributed by atoms with Crippen LogP contribution in [0.5, 0.6) is 0 Å². The van der Waals surface area contributed by atoms with Crippen molar-refractivity contribution in [3.63, 3.8) is 0 Å². The van der Waals surface area contributed by atoms with Crippen LogP contribution in [0.2, 0.25) is 0 Å². The second kappa shape index (κ2) is 5.11. The number of rotatable bonds is 3. The van der Waals surface area contributed by atoms with Crippen LogP contribution in [0, 0.1) is 0 Å². The molecular weight excluding hydrogens is 194 g/mol. The maximum Gasteiger partial charge on any atom is 0.311 e. The zero-order valence-corrected chi connectivity index (χ0v) is 9.40. The summed E-state index contributed by atoms with van der Waals surface area (Å²) >= 11 is 0. The Morgan fingerprint density at radius 3 is 2.73 bits per heavy atom. The Morgan fingerprint density at radius 1 is 1.53 bits per heavy atom. The van der Waals surface area contributed by atoms with E-state index < -0.39 is 11.8 Å². The first-order valence-electron chi connectivity index (χ1n) is 5.35. The molecule has 1 saturated heterocycles. The molecule has 0 aliphatic carbocycles. The van der Waals surface area contributed by atoms with E-state index in [4.69, 9.17) is 5.73 Å². The van der Waals surface area contributed by atoms with Gasteiger partial charge in [-0.2, -0.15) is 0 Å². The van der Waals surface area contributed by atoms with Gasteiger partial charge in [-0.15, -0.1) is 0 Å². The summed E-state index contributed by atoms with van der Waals surface area (Å²) < 4.78 is 0. The fourth-order valence-corrected chi connectivity index (χ4v) is 2.11. The van der Waals surface area contributed by atoms with Gasteiger partial charge >= 0.3 is 11.8 Å². The summed E-state index contributed by atoms with van der Waals surface area (Å²) in [6.07, 6.45) is 2.25. The van der Waals surface area contributed by atoms with Crippen LogP contribution < -0.4 is 5.73 Å². The molecule has 0 radical (unpaired) electrons. The maximum absolute atomic E-state index is 11.3. The summed E-state index contributed by atoms with van der Waals surface area (Å²) in [5.41, 5.74) is 4.93. The fourth-order valence-electron chi connectivity index (χ4n) is 2.11. The average molecular weight is 213 g/mol. The molecule has 2 amide bonds. The van der Waals surface area contributed by atoms with E-state index in [-0.39, 0.29) is 0 Å². The predicted octanol–water partition coefficient (Wildman–Crippen LogP) is -0.586. The molecule has 1 fully saturated rings. The van der Waals surface area contributed by atoms with Crippen LogP contribution in [-0.2, 0) is 9.59 Å². The molecule has 1 aliphatic rings. The molecular formula is C10H19N3O2. The summed E-state index contributed by atoms with van der Waals surface area (Å²) in [5.74, 6) is -1.48. The minimum Gasteiger partial charge on any atom is -0.361 e. The number of hydrogen-bond donors (Lipinski definition) is 1. The van der Waals surface area contributed by atoms with Gasteiger partial charge in [0.2, 0.25) is 0 Å². The van der Waals surface area contributed by atoms with Crippen LogP contribution in [0.3, 0.4) is 0 Å². The smallest absolute Gasteiger partial charge is 0.311 e. The third kappa shape index (κ3) is 2.92. The lowest BCUT2D eigenvalue weighted by Gasteiger charge is -2.26. The lowest BCUT2D eigenvalue weighted by molar-refractivity contribution is -0.143. The van der Waals surface area contributed by atoms with Crippen LogP contribution in [0.25, 0.3) is 0 Å². The molecule has 2 N–H and O–H groups in total. The largest absolute Gasteiger partial charge is 0.361 e. The number of nitrogens with two attached hydrogens (primary N) is 1. The van der Waals surface area contributed by atoms with Gasteiger partial charge in [-0.1, -0.05) is 6.92 Å². The third-order valence-corrected chi connectivity index (χ3v) is 2.95. The van der Waals surface area contributed by atoms with Gasteiger partial charge in [0.15, 0.2) is 0 Å². The van der Waals surface area contributed by atoms with Gasteiger partial charge in [0.25, 0.3) is 0 Å². The Hall–Kier alpha value is -1.10. The number of likely N-dealkylation sites (tertiary alicyclic amines) is 1. The molecule has 0 aromatic carbocycles. The second-order valence-corrected chi connectivity index (χ2v) is 3.97. The van der Waals surface area contributed by atoms with E-state index in [1.807, 2.05) is 0 Å². The van der Waals surface area contributed by atoms with Crippen molar-refractivity contribution in [2.45, 2.75) is 25.8 Å². The van der Waals surface area contributed by atoms with Crippen molar-refractivity contribution in [3.05, 3.63) is 0 Å². The Bertz CT molecular complexity index is 255. The highest BCUT2D eigenvalue weighted by Crippen LogP contribution is 2.17. The number of carbonyl (C=O) groups excluding carboxylic acids is 2. The van der Waals surface area contributed by atoms with Gasteiger partial charge in [-0.25, -0.2) is 0 Å². The molecule has 0 bridgehead atoms. The summed E-state index contributed by atoms with van der Waals surface area (Å²) in [6, 6.07) is 0.378. The molecule has 1 rings (SSSR count). The minimum atomic E-state index is -0.876. The lowest BCUT2D eigenvalue weighted by atomic mass is 10.2. The van der Waals surface area contributed by atoms with E-state index in [1.165, 1.54) is 4.90 Å². The molecule has 86 valence electrons. The minimum absolute atomic E-state index is 0.378. The molecule has 1 atom stereocenters. The highest BCUT2D eigenvalue weighted by Gasteiger charge is 2.26. The van der Waals surface area contributed by atoms with Crippen LogP contribution >= 0.6 is 0 Å². The van der Waals surface area contributed by atoms with Gasteiger partial charge in [0, 0.05) is 19.6 Å². The van der Waals surface area contributed by atoms with Gasteiger partial charge in [0.1, 0.15) is 0 Å². The van der Waals surface area contributed by atoms with Crippen molar-refractivity contribution in [2.75, 3.05) is 26.7 Å². The van der Waals surface area contributed by atoms with Gasteiger partial charge in [-0.05, 0) is 25.9 Å². The van der Waals surface area contributed by atoms with E-state index in [9.17, 15) is 9.59 Å². The SMILES string of the molecule is CCN1CCC[C@H]1CN(C)C(=O)C(N)=O. The van der Waals surface area contributed by atoms with E-state index in [1.54, 1.807) is 7.05 Å². The Morgan fingerprint density at radius 2 is 2.20 bits per heavy atom. The van der Waals surface area contributed by atoms with Crippen LogP contribution in [0.15, 0.2) is 0 Å². The zero-order valence-electron chi connectivity index (χ0n) is 9.40. The van der Waals surface area contributed by atoms with E-state index >= 15 is 0 Å². The van der Waals surface area contributed by atoms with Crippen molar-refractivity contribution in [1.82, 2.24) is 9.80 Å². The molecule has 1 heterocycles. The second-order valence-electron chi connectivity index (χ2n) is 3.97. The van der Waals surface area contributed by atoms with Crippen LogP contribution in [0.1, 0.15) is 19.8 Å². The predicted molar refractivity (Wildman–Crippen MR) is 57.1 cm³/mol. The molecule has 15 heavy (non-hydrogen) atoms. The maximum atomic E-state index is 11.3. The molecule has 0 aromatic rings. The van der Waals surface area contributed by atoms with E-state index in [2.05, 4.69) is 11.8 Å². The standard InChI is InChI=1S/C10H19N3O2/c1-3-13-6-4-5-8(13)7-12(2)10(15)9(11)14/h8H,3-7H2,1-2H3,(H2,11,14)/t8-/m0/s1. The number of carbonyl (C=O) groups is 2. The molecule has 0 saturated carbocycles. The summed E-state index contributed by atoms with van der Waals surface area (Å²) in [4.78, 5) is 25.7. The molecule has 0 unspecified atom stereocenters. The summed E-state index contributed by atoms with van der Waals surface area (Å²) in [7, 11) is 1.62. The lowest BCUT2D eigenvalue weighted by Crippen LogP contribution is -2.45. The first-order valence-corrected chi connectivity index (χ1v) is 5.35. The number of primary amides is 1. The highest BCUT2D eigenvalue weighted by molar-refractivity contribution is 6.34. The van der Waals surface area contributed by atoms with E-state index in [0.717, 1.165) is 25.9 Å². The quantitative estimate of drug-likeness (QED) is 0.637. The van der Waals surface area contributed by atoms with Crippen molar-refractivity contribution >= 4 is 11.8 Å². The van der Waals surface area contributed by atoms with Crippen LogP contribution in [-0.4, -0.2) is 54.3 Å². The van der Waals surface area contributed by atoms with Crippen molar-refractivity contribution in [2.24, 2.45) is 5.73 Å². The first kappa shape index (κ1) is 12.0. The molecule has 5 nitrogen and oxygen atoms in total.